The summed E-state index contributed by atoms with van der Waals surface area (Å²) in [4.78, 5) is 25.3. The molecular weight excluding hydrogens is 330 g/mol. The average Bonchev–Trinajstić information content (AvgIpc) is 3.15. The number of carbonyl (C=O) groups is 1. The summed E-state index contributed by atoms with van der Waals surface area (Å²) in [6, 6.07) is 10.9. The van der Waals surface area contributed by atoms with Crippen LogP contribution in [0.5, 0.6) is 0 Å². The zero-order valence-electron chi connectivity index (χ0n) is 14.6. The number of nitrogens with zero attached hydrogens (tertiary/aromatic N) is 6. The fourth-order valence-electron chi connectivity index (χ4n) is 3.29. The second kappa shape index (κ2) is 6.72. The number of rotatable bonds is 3. The zero-order valence-corrected chi connectivity index (χ0v) is 14.6. The molecule has 0 saturated carbocycles. The van der Waals surface area contributed by atoms with Gasteiger partial charge in [-0.25, -0.2) is 4.98 Å². The Balaban J connectivity index is 1.47. The Hall–Kier alpha value is -3.00. The van der Waals surface area contributed by atoms with Gasteiger partial charge in [0.2, 0.25) is 5.91 Å². The highest BCUT2D eigenvalue weighted by atomic mass is 16.2. The lowest BCUT2D eigenvalue weighted by Gasteiger charge is -2.37. The summed E-state index contributed by atoms with van der Waals surface area (Å²) in [5.41, 5.74) is 7.90. The third-order valence-corrected chi connectivity index (χ3v) is 4.70. The third kappa shape index (κ3) is 2.99. The number of hydrogen-bond donors (Lipinski definition) is 1. The van der Waals surface area contributed by atoms with Gasteiger partial charge in [0.15, 0.2) is 0 Å². The number of hydrogen-bond acceptors (Lipinski definition) is 6. The van der Waals surface area contributed by atoms with E-state index in [1.54, 1.807) is 4.52 Å². The molecule has 1 amide bonds. The van der Waals surface area contributed by atoms with Gasteiger partial charge in [-0.2, -0.15) is 14.6 Å². The van der Waals surface area contributed by atoms with Crippen LogP contribution < -0.4 is 10.6 Å². The highest BCUT2D eigenvalue weighted by Crippen LogP contribution is 2.19. The van der Waals surface area contributed by atoms with Crippen LogP contribution in [-0.4, -0.2) is 56.6 Å². The van der Waals surface area contributed by atoms with E-state index in [-0.39, 0.29) is 5.91 Å². The summed E-state index contributed by atoms with van der Waals surface area (Å²) in [7, 11) is 0. The maximum absolute atomic E-state index is 12.7. The number of aromatic nitrogens is 4. The Morgan fingerprint density at radius 1 is 1.15 bits per heavy atom. The molecule has 1 aromatic carbocycles. The molecule has 134 valence electrons. The fourth-order valence-corrected chi connectivity index (χ4v) is 3.29. The molecule has 1 atom stereocenters. The van der Waals surface area contributed by atoms with E-state index < -0.39 is 6.04 Å². The van der Waals surface area contributed by atoms with Crippen molar-refractivity contribution in [3.8, 4) is 0 Å². The highest BCUT2D eigenvalue weighted by Gasteiger charge is 2.27. The lowest BCUT2D eigenvalue weighted by molar-refractivity contribution is -0.133. The van der Waals surface area contributed by atoms with Gasteiger partial charge in [0.05, 0.1) is 0 Å². The van der Waals surface area contributed by atoms with E-state index in [2.05, 4.69) is 20.0 Å². The van der Waals surface area contributed by atoms with Crippen molar-refractivity contribution in [2.24, 2.45) is 5.73 Å². The van der Waals surface area contributed by atoms with Crippen molar-refractivity contribution in [1.29, 1.82) is 0 Å². The number of anilines is 1. The number of piperazine rings is 1. The van der Waals surface area contributed by atoms with Crippen molar-refractivity contribution in [2.45, 2.75) is 13.0 Å². The molecule has 1 fully saturated rings. The second-order valence-electron chi connectivity index (χ2n) is 6.43. The van der Waals surface area contributed by atoms with E-state index in [4.69, 9.17) is 5.73 Å². The van der Waals surface area contributed by atoms with Gasteiger partial charge in [0.25, 0.3) is 5.78 Å². The third-order valence-electron chi connectivity index (χ3n) is 4.70. The number of amides is 1. The van der Waals surface area contributed by atoms with Crippen molar-refractivity contribution in [3.05, 3.63) is 54.0 Å². The normalized spacial score (nSPS) is 16.1. The number of carbonyl (C=O) groups excluding carboxylic acids is 1. The molecular formula is C18H21N7O. The Labute approximate surface area is 151 Å². The van der Waals surface area contributed by atoms with Crippen molar-refractivity contribution < 1.29 is 4.79 Å². The highest BCUT2D eigenvalue weighted by molar-refractivity contribution is 5.83. The van der Waals surface area contributed by atoms with Crippen molar-refractivity contribution in [1.82, 2.24) is 24.5 Å². The van der Waals surface area contributed by atoms with Gasteiger partial charge in [0, 0.05) is 37.9 Å². The van der Waals surface area contributed by atoms with E-state index in [9.17, 15) is 4.79 Å². The van der Waals surface area contributed by atoms with Crippen LogP contribution in [0.15, 0.2) is 42.7 Å². The van der Waals surface area contributed by atoms with E-state index >= 15 is 0 Å². The molecule has 8 heteroatoms. The summed E-state index contributed by atoms with van der Waals surface area (Å²) in [6.07, 6.45) is 1.50. The number of aryl methyl sites for hydroxylation is 1. The molecule has 1 aliphatic rings. The predicted molar refractivity (Wildman–Crippen MR) is 97.7 cm³/mol. The van der Waals surface area contributed by atoms with E-state index in [1.165, 1.54) is 6.33 Å². The quantitative estimate of drug-likeness (QED) is 0.750. The zero-order chi connectivity index (χ0) is 18.1. The molecule has 1 aliphatic heterocycles. The van der Waals surface area contributed by atoms with Gasteiger partial charge in [0.1, 0.15) is 18.2 Å². The van der Waals surface area contributed by atoms with Crippen LogP contribution in [0, 0.1) is 6.92 Å². The van der Waals surface area contributed by atoms with Crippen LogP contribution in [0.25, 0.3) is 5.78 Å². The first-order valence-corrected chi connectivity index (χ1v) is 8.65. The lowest BCUT2D eigenvalue weighted by atomic mass is 10.1. The number of benzene rings is 1. The van der Waals surface area contributed by atoms with Crippen LogP contribution >= 0.6 is 0 Å². The molecule has 8 nitrogen and oxygen atoms in total. The SMILES string of the molecule is Cc1cc(N2CCN(C(=O)[C@@H](N)c3ccccc3)CC2)n2ncnc2n1. The summed E-state index contributed by atoms with van der Waals surface area (Å²) >= 11 is 0. The Kier molecular flexibility index (Phi) is 4.26. The van der Waals surface area contributed by atoms with Crippen LogP contribution in [-0.2, 0) is 4.79 Å². The Bertz CT molecular complexity index is 916. The number of nitrogens with two attached hydrogens (primary N) is 1. The Morgan fingerprint density at radius 2 is 1.88 bits per heavy atom. The van der Waals surface area contributed by atoms with Crippen molar-refractivity contribution >= 4 is 17.5 Å². The molecule has 0 bridgehead atoms. The fraction of sp³-hybridized carbons (Fsp3) is 0.333. The first-order valence-electron chi connectivity index (χ1n) is 8.65. The minimum Gasteiger partial charge on any atom is -0.353 e. The predicted octanol–water partition coefficient (Wildman–Crippen LogP) is 0.781. The molecule has 0 unspecified atom stereocenters. The lowest BCUT2D eigenvalue weighted by Crippen LogP contribution is -2.51. The molecule has 1 saturated heterocycles. The summed E-state index contributed by atoms with van der Waals surface area (Å²) < 4.78 is 1.74. The van der Waals surface area contributed by atoms with Gasteiger partial charge in [-0.05, 0) is 12.5 Å². The van der Waals surface area contributed by atoms with Crippen LogP contribution in [0.2, 0.25) is 0 Å². The van der Waals surface area contributed by atoms with Gasteiger partial charge in [-0.15, -0.1) is 0 Å². The maximum Gasteiger partial charge on any atom is 0.254 e. The molecule has 26 heavy (non-hydrogen) atoms. The van der Waals surface area contributed by atoms with Crippen LogP contribution in [0.3, 0.4) is 0 Å². The topological polar surface area (TPSA) is 92.7 Å². The van der Waals surface area contributed by atoms with E-state index in [1.807, 2.05) is 48.2 Å². The van der Waals surface area contributed by atoms with Gasteiger partial charge >= 0.3 is 0 Å². The molecule has 3 aromatic rings. The van der Waals surface area contributed by atoms with Crippen LogP contribution in [0.1, 0.15) is 17.3 Å². The van der Waals surface area contributed by atoms with Gasteiger partial charge < -0.3 is 15.5 Å². The maximum atomic E-state index is 12.7. The second-order valence-corrected chi connectivity index (χ2v) is 6.43. The van der Waals surface area contributed by atoms with Crippen molar-refractivity contribution in [3.63, 3.8) is 0 Å². The molecule has 2 aromatic heterocycles. The standard InChI is InChI=1S/C18H21N7O/c1-13-11-15(25-18(22-13)20-12-21-25)23-7-9-24(10-8-23)17(26)16(19)14-5-3-2-4-6-14/h2-6,11-12,16H,7-10,19H2,1H3/t16-/m0/s1. The molecule has 4 rings (SSSR count). The molecule has 0 radical (unpaired) electrons. The van der Waals surface area contributed by atoms with Gasteiger partial charge in [-0.3, -0.25) is 4.79 Å². The smallest absolute Gasteiger partial charge is 0.254 e. The first kappa shape index (κ1) is 16.5. The van der Waals surface area contributed by atoms with Crippen LogP contribution in [0.4, 0.5) is 5.82 Å². The monoisotopic (exact) mass is 351 g/mol. The minimum absolute atomic E-state index is 0.0346. The number of fused-ring (bicyclic) bond motifs is 1. The molecule has 0 spiro atoms. The summed E-state index contributed by atoms with van der Waals surface area (Å²) in [5, 5.41) is 4.26. The average molecular weight is 351 g/mol. The van der Waals surface area contributed by atoms with Gasteiger partial charge in [-0.1, -0.05) is 30.3 Å². The van der Waals surface area contributed by atoms with Crippen molar-refractivity contribution in [2.75, 3.05) is 31.1 Å². The van der Waals surface area contributed by atoms with E-state index in [0.29, 0.717) is 32.0 Å². The minimum atomic E-state index is -0.618. The molecule has 3 heterocycles. The molecule has 2 N–H and O–H groups in total. The molecule has 0 aliphatic carbocycles. The Morgan fingerprint density at radius 3 is 2.62 bits per heavy atom. The van der Waals surface area contributed by atoms with E-state index in [0.717, 1.165) is 17.1 Å². The first-order chi connectivity index (χ1) is 12.6. The summed E-state index contributed by atoms with van der Waals surface area (Å²) in [5.74, 6) is 1.50. The largest absolute Gasteiger partial charge is 0.353 e. The summed E-state index contributed by atoms with van der Waals surface area (Å²) in [6.45, 7) is 4.61.